The maximum Gasteiger partial charge on any atom is 0.243 e. The molecule has 0 spiro atoms. The number of benzene rings is 1. The molecular weight excluding hydrogens is 592 g/mol. The summed E-state index contributed by atoms with van der Waals surface area (Å²) >= 11 is 0. The van der Waals surface area contributed by atoms with Gasteiger partial charge in [0.15, 0.2) is 0 Å². The maximum absolute atomic E-state index is 13.9. The van der Waals surface area contributed by atoms with Gasteiger partial charge < -0.3 is 30.6 Å². The second-order valence-corrected chi connectivity index (χ2v) is 13.7. The van der Waals surface area contributed by atoms with Crippen molar-refractivity contribution in [3.63, 3.8) is 0 Å². The molecule has 0 bridgehead atoms. The second-order valence-electron chi connectivity index (χ2n) is 13.7. The average Bonchev–Trinajstić information content (AvgIpc) is 3.06. The van der Waals surface area contributed by atoms with Crippen molar-refractivity contribution in [2.75, 3.05) is 33.2 Å². The van der Waals surface area contributed by atoms with Gasteiger partial charge in [-0.3, -0.25) is 14.4 Å². The predicted molar refractivity (Wildman–Crippen MR) is 188 cm³/mol. The Hall–Kier alpha value is -2.93. The zero-order valence-corrected chi connectivity index (χ0v) is 29.8. The first-order chi connectivity index (χ1) is 22.5. The Balaban J connectivity index is 2.25. The maximum atomic E-state index is 13.9. The lowest BCUT2D eigenvalue weighted by Gasteiger charge is -2.33. The summed E-state index contributed by atoms with van der Waals surface area (Å²) in [6, 6.07) is 7.94. The quantitative estimate of drug-likeness (QED) is 0.157. The van der Waals surface area contributed by atoms with Crippen LogP contribution in [0.2, 0.25) is 0 Å². The van der Waals surface area contributed by atoms with E-state index >= 15 is 0 Å². The highest BCUT2D eigenvalue weighted by Gasteiger charge is 2.34. The number of likely N-dealkylation sites (N-methyl/N-ethyl adjacent to an activating group) is 2. The summed E-state index contributed by atoms with van der Waals surface area (Å²) in [5.74, 6) is 4.63. The Kier molecular flexibility index (Phi) is 18.7. The molecule has 1 aromatic rings. The molecule has 0 heterocycles. The van der Waals surface area contributed by atoms with Crippen molar-refractivity contribution in [1.82, 2.24) is 20.4 Å². The van der Waals surface area contributed by atoms with Crippen molar-refractivity contribution in [2.24, 2.45) is 17.8 Å². The van der Waals surface area contributed by atoms with Gasteiger partial charge >= 0.3 is 0 Å². The van der Waals surface area contributed by atoms with Crippen LogP contribution in [0.4, 0.5) is 0 Å². The van der Waals surface area contributed by atoms with Crippen molar-refractivity contribution in [3.8, 4) is 11.8 Å². The number of hydrogen-bond acceptors (Lipinski definition) is 6. The molecule has 1 aliphatic rings. The van der Waals surface area contributed by atoms with Gasteiger partial charge in [0.1, 0.15) is 12.1 Å². The smallest absolute Gasteiger partial charge is 0.243 e. The number of nitrogens with one attached hydrogen (secondary N) is 2. The minimum atomic E-state index is -1.13. The van der Waals surface area contributed by atoms with E-state index in [4.69, 9.17) is 0 Å². The molecule has 0 aliphatic heterocycles. The van der Waals surface area contributed by atoms with Gasteiger partial charge in [-0.1, -0.05) is 90.1 Å². The van der Waals surface area contributed by atoms with Crippen molar-refractivity contribution >= 4 is 17.7 Å². The Labute approximate surface area is 284 Å². The molecule has 4 N–H and O–H groups in total. The first kappa shape index (κ1) is 40.2. The highest BCUT2D eigenvalue weighted by molar-refractivity contribution is 5.91. The fourth-order valence-electron chi connectivity index (χ4n) is 6.42. The molecule has 264 valence electrons. The molecule has 9 heteroatoms. The normalized spacial score (nSPS) is 16.8. The molecular formula is C38H62N4O5. The number of aliphatic hydroxyl groups is 2. The Morgan fingerprint density at radius 2 is 1.62 bits per heavy atom. The molecule has 1 aromatic carbocycles. The van der Waals surface area contributed by atoms with Crippen LogP contribution in [0.5, 0.6) is 0 Å². The monoisotopic (exact) mass is 654 g/mol. The Morgan fingerprint density at radius 3 is 2.21 bits per heavy atom. The van der Waals surface area contributed by atoms with Gasteiger partial charge in [-0.2, -0.15) is 0 Å². The van der Waals surface area contributed by atoms with Crippen LogP contribution < -0.4 is 10.6 Å². The highest BCUT2D eigenvalue weighted by atomic mass is 16.3. The third kappa shape index (κ3) is 14.8. The molecule has 9 nitrogen and oxygen atoms in total. The van der Waals surface area contributed by atoms with E-state index in [0.717, 1.165) is 50.9 Å². The molecule has 1 aliphatic carbocycles. The van der Waals surface area contributed by atoms with E-state index in [1.54, 1.807) is 18.9 Å². The summed E-state index contributed by atoms with van der Waals surface area (Å²) < 4.78 is 0. The molecule has 1 fully saturated rings. The molecule has 5 atom stereocenters. The number of hydrogen-bond donors (Lipinski definition) is 4. The van der Waals surface area contributed by atoms with Crippen LogP contribution in [0.1, 0.15) is 98.0 Å². The lowest BCUT2D eigenvalue weighted by atomic mass is 9.82. The number of rotatable bonds is 20. The number of aliphatic hydroxyl groups excluding tert-OH is 2. The van der Waals surface area contributed by atoms with Crippen molar-refractivity contribution in [1.29, 1.82) is 0 Å². The topological polar surface area (TPSA) is 122 Å². The zero-order valence-electron chi connectivity index (χ0n) is 29.8. The average molecular weight is 655 g/mol. The highest BCUT2D eigenvalue weighted by Crippen LogP contribution is 2.29. The Morgan fingerprint density at radius 1 is 0.957 bits per heavy atom. The van der Waals surface area contributed by atoms with Crippen molar-refractivity contribution in [3.05, 3.63) is 35.9 Å². The van der Waals surface area contributed by atoms with Crippen molar-refractivity contribution in [2.45, 2.75) is 123 Å². The van der Waals surface area contributed by atoms with Gasteiger partial charge in [-0.25, -0.2) is 0 Å². The van der Waals surface area contributed by atoms with E-state index in [2.05, 4.69) is 41.2 Å². The number of nitrogens with zero attached hydrogens (tertiary/aromatic N) is 2. The molecule has 0 radical (unpaired) electrons. The molecule has 1 saturated carbocycles. The molecule has 0 aromatic heterocycles. The molecule has 2 rings (SSSR count). The largest absolute Gasteiger partial charge is 0.390 e. The van der Waals surface area contributed by atoms with Crippen molar-refractivity contribution < 1.29 is 24.6 Å². The summed E-state index contributed by atoms with van der Waals surface area (Å²) in [6.45, 7) is 12.9. The molecule has 47 heavy (non-hydrogen) atoms. The summed E-state index contributed by atoms with van der Waals surface area (Å²) in [7, 11) is 1.77. The molecule has 0 unspecified atom stereocenters. The van der Waals surface area contributed by atoms with E-state index in [0.29, 0.717) is 31.7 Å². The SMILES string of the molecule is CC#CC[C@H](NC(=O)[C@@H](CC(=O)N(C)CCN(CC)CC)Cc1ccccc1)C(=O)N[C@@H](CC1CCCCC1)[C@@H](O)[C@@H](O)CC(C)C. The first-order valence-corrected chi connectivity index (χ1v) is 17.9. The number of carbonyl (C=O) groups excluding carboxylic acids is 3. The summed E-state index contributed by atoms with van der Waals surface area (Å²) in [5.41, 5.74) is 0.926. The summed E-state index contributed by atoms with van der Waals surface area (Å²) in [4.78, 5) is 45.0. The van der Waals surface area contributed by atoms with Gasteiger partial charge in [0, 0.05) is 33.0 Å². The number of amides is 3. The van der Waals surface area contributed by atoms with E-state index in [1.807, 2.05) is 44.2 Å². The van der Waals surface area contributed by atoms with E-state index in [1.165, 1.54) is 6.42 Å². The van der Waals surface area contributed by atoms with Gasteiger partial charge in [0.25, 0.3) is 0 Å². The van der Waals surface area contributed by atoms with E-state index in [9.17, 15) is 24.6 Å². The minimum Gasteiger partial charge on any atom is -0.390 e. The van der Waals surface area contributed by atoms with Crippen LogP contribution in [0, 0.1) is 29.6 Å². The van der Waals surface area contributed by atoms with E-state index in [-0.39, 0.29) is 30.6 Å². The lowest BCUT2D eigenvalue weighted by Crippen LogP contribution is -2.56. The predicted octanol–water partition coefficient (Wildman–Crippen LogP) is 4.16. The second kappa shape index (κ2) is 21.8. The third-order valence-corrected chi connectivity index (χ3v) is 9.46. The van der Waals surface area contributed by atoms with Crippen LogP contribution >= 0.6 is 0 Å². The Bertz CT molecular complexity index is 1120. The van der Waals surface area contributed by atoms with Gasteiger partial charge in [-0.05, 0) is 56.7 Å². The minimum absolute atomic E-state index is 0.00763. The van der Waals surface area contributed by atoms with E-state index < -0.39 is 36.1 Å². The van der Waals surface area contributed by atoms with Gasteiger partial charge in [-0.15, -0.1) is 11.8 Å². The van der Waals surface area contributed by atoms with Crippen LogP contribution in [-0.2, 0) is 20.8 Å². The standard InChI is InChI=1S/C38H62N4O5/c1-7-10-21-32(38(47)40-33(26-30-19-15-12-16-20-30)36(45)34(43)24-28(4)5)39-37(46)31(25-29-17-13-11-14-18-29)27-35(44)41(6)22-23-42(8-2)9-3/h11,13-14,17-18,28,30-34,36,43,45H,8-9,12,15-16,19-27H2,1-6H3,(H,39,46)(H,40,47)/t31-,32+,33+,34+,36-/m1/s1. The summed E-state index contributed by atoms with van der Waals surface area (Å²) in [6.07, 6.45) is 4.79. The van der Waals surface area contributed by atoms with Crippen LogP contribution in [0.25, 0.3) is 0 Å². The molecule has 0 saturated heterocycles. The lowest BCUT2D eigenvalue weighted by molar-refractivity contribution is -0.137. The van der Waals surface area contributed by atoms with Crippen LogP contribution in [0.15, 0.2) is 30.3 Å². The fourth-order valence-corrected chi connectivity index (χ4v) is 6.42. The van der Waals surface area contributed by atoms with Gasteiger partial charge in [0.2, 0.25) is 17.7 Å². The first-order valence-electron chi connectivity index (χ1n) is 17.9. The van der Waals surface area contributed by atoms with Crippen LogP contribution in [-0.4, -0.2) is 95.3 Å². The van der Waals surface area contributed by atoms with Crippen LogP contribution in [0.3, 0.4) is 0 Å². The molecule has 3 amide bonds. The zero-order chi connectivity index (χ0) is 34.8. The summed E-state index contributed by atoms with van der Waals surface area (Å²) in [5, 5.41) is 28.0. The fraction of sp³-hybridized carbons (Fsp3) is 0.711. The number of carbonyl (C=O) groups is 3. The third-order valence-electron chi connectivity index (χ3n) is 9.46. The van der Waals surface area contributed by atoms with Gasteiger partial charge in [0.05, 0.1) is 18.1 Å².